The molecule has 3 aromatic rings. The molecule has 3 heterocycles. The lowest BCUT2D eigenvalue weighted by atomic mass is 9.94. The summed E-state index contributed by atoms with van der Waals surface area (Å²) in [5, 5.41) is 4.11. The maximum Gasteiger partial charge on any atom is 0.184 e. The number of nitrogens with one attached hydrogen (secondary N) is 1. The van der Waals surface area contributed by atoms with Crippen LogP contribution >= 0.6 is 11.3 Å². The molecular weight excluding hydrogens is 360 g/mol. The molecule has 1 aromatic carbocycles. The summed E-state index contributed by atoms with van der Waals surface area (Å²) in [4.78, 5) is 18.4. The van der Waals surface area contributed by atoms with Crippen LogP contribution in [0.15, 0.2) is 47.1 Å². The molecule has 1 N–H and O–H groups in total. The summed E-state index contributed by atoms with van der Waals surface area (Å²) in [6, 6.07) is 11.9. The van der Waals surface area contributed by atoms with Gasteiger partial charge in [0.25, 0.3) is 0 Å². The quantitative estimate of drug-likeness (QED) is 0.612. The van der Waals surface area contributed by atoms with Crippen LogP contribution in [-0.4, -0.2) is 24.0 Å². The SMILES string of the molecule is Cc1ccccc1CNc1nc(-c2ccco2)c(C(=O)C2CCOCC2)s1. The minimum absolute atomic E-state index is 0.00266. The number of hydrogen-bond acceptors (Lipinski definition) is 6. The van der Waals surface area contributed by atoms with Gasteiger partial charge >= 0.3 is 0 Å². The highest BCUT2D eigenvalue weighted by atomic mass is 32.1. The Bertz CT molecular complexity index is 911. The van der Waals surface area contributed by atoms with E-state index >= 15 is 0 Å². The zero-order valence-corrected chi connectivity index (χ0v) is 16.1. The second kappa shape index (κ2) is 8.06. The predicted octanol–water partition coefficient (Wildman–Crippen LogP) is 4.93. The Kier molecular flexibility index (Phi) is 5.36. The highest BCUT2D eigenvalue weighted by Crippen LogP contribution is 2.35. The van der Waals surface area contributed by atoms with Gasteiger partial charge in [-0.1, -0.05) is 35.6 Å². The van der Waals surface area contributed by atoms with E-state index in [1.165, 1.54) is 22.5 Å². The number of rotatable bonds is 6. The van der Waals surface area contributed by atoms with Crippen LogP contribution in [-0.2, 0) is 11.3 Å². The Labute approximate surface area is 162 Å². The fourth-order valence-corrected chi connectivity index (χ4v) is 4.25. The van der Waals surface area contributed by atoms with E-state index in [1.54, 1.807) is 6.26 Å². The molecular formula is C21H22N2O3S. The molecule has 0 radical (unpaired) electrons. The number of ketones is 1. The number of aryl methyl sites for hydroxylation is 1. The van der Waals surface area contributed by atoms with Crippen LogP contribution in [0, 0.1) is 12.8 Å². The minimum atomic E-state index is -0.00266. The highest BCUT2D eigenvalue weighted by molar-refractivity contribution is 7.18. The van der Waals surface area contributed by atoms with E-state index in [4.69, 9.17) is 9.15 Å². The molecule has 1 aliphatic heterocycles. The van der Waals surface area contributed by atoms with E-state index in [2.05, 4.69) is 29.4 Å². The number of benzene rings is 1. The predicted molar refractivity (Wildman–Crippen MR) is 106 cm³/mol. The molecule has 27 heavy (non-hydrogen) atoms. The van der Waals surface area contributed by atoms with Crippen molar-refractivity contribution >= 4 is 22.3 Å². The number of carbonyl (C=O) groups excluding carboxylic acids is 1. The number of carbonyl (C=O) groups is 1. The van der Waals surface area contributed by atoms with Gasteiger partial charge in [-0.25, -0.2) is 4.98 Å². The van der Waals surface area contributed by atoms with Crippen LogP contribution in [0.2, 0.25) is 0 Å². The summed E-state index contributed by atoms with van der Waals surface area (Å²) in [5.41, 5.74) is 3.07. The number of nitrogens with zero attached hydrogens (tertiary/aromatic N) is 1. The first-order valence-corrected chi connectivity index (χ1v) is 9.99. The number of thiazole rings is 1. The molecule has 0 spiro atoms. The molecule has 0 unspecified atom stereocenters. The first-order valence-electron chi connectivity index (χ1n) is 9.17. The van der Waals surface area contributed by atoms with E-state index in [9.17, 15) is 4.79 Å². The summed E-state index contributed by atoms with van der Waals surface area (Å²) < 4.78 is 10.9. The monoisotopic (exact) mass is 382 g/mol. The van der Waals surface area contributed by atoms with Gasteiger partial charge in [0.05, 0.1) is 6.26 Å². The number of furan rings is 1. The first-order chi connectivity index (χ1) is 13.2. The molecule has 5 nitrogen and oxygen atoms in total. The summed E-state index contributed by atoms with van der Waals surface area (Å²) in [6.45, 7) is 4.04. The van der Waals surface area contributed by atoms with Crippen LogP contribution in [0.3, 0.4) is 0 Å². The molecule has 0 bridgehead atoms. The van der Waals surface area contributed by atoms with Gasteiger partial charge in [-0.15, -0.1) is 0 Å². The number of anilines is 1. The Hall–Kier alpha value is -2.44. The van der Waals surface area contributed by atoms with E-state index in [1.807, 2.05) is 24.3 Å². The fourth-order valence-electron chi connectivity index (χ4n) is 3.27. The molecule has 6 heteroatoms. The first kappa shape index (κ1) is 17.9. The van der Waals surface area contributed by atoms with Crippen molar-refractivity contribution in [1.82, 2.24) is 4.98 Å². The van der Waals surface area contributed by atoms with Crippen molar-refractivity contribution in [2.24, 2.45) is 5.92 Å². The fraction of sp³-hybridized carbons (Fsp3) is 0.333. The normalized spacial score (nSPS) is 15.0. The molecule has 0 amide bonds. The van der Waals surface area contributed by atoms with E-state index in [0.29, 0.717) is 36.1 Å². The van der Waals surface area contributed by atoms with Crippen LogP contribution in [0.1, 0.15) is 33.6 Å². The molecule has 0 saturated carbocycles. The van der Waals surface area contributed by atoms with Gasteiger partial charge in [-0.3, -0.25) is 4.79 Å². The number of aromatic nitrogens is 1. The Balaban J connectivity index is 1.60. The van der Waals surface area contributed by atoms with Crippen molar-refractivity contribution < 1.29 is 13.9 Å². The second-order valence-electron chi connectivity index (χ2n) is 6.70. The van der Waals surface area contributed by atoms with Gasteiger partial charge < -0.3 is 14.5 Å². The summed E-state index contributed by atoms with van der Waals surface area (Å²) in [5.74, 6) is 0.772. The zero-order valence-electron chi connectivity index (χ0n) is 15.2. The van der Waals surface area contributed by atoms with Crippen molar-refractivity contribution in [3.8, 4) is 11.5 Å². The Morgan fingerprint density at radius 1 is 1.22 bits per heavy atom. The maximum atomic E-state index is 13.1. The molecule has 4 rings (SSSR count). The molecule has 0 atom stereocenters. The van der Waals surface area contributed by atoms with E-state index in [-0.39, 0.29) is 11.7 Å². The molecule has 1 fully saturated rings. The molecule has 0 aliphatic carbocycles. The lowest BCUT2D eigenvalue weighted by Gasteiger charge is -2.20. The molecule has 1 aliphatic rings. The third kappa shape index (κ3) is 3.96. The molecule has 1 saturated heterocycles. The average Bonchev–Trinajstić information content (AvgIpc) is 3.37. The topological polar surface area (TPSA) is 64.4 Å². The molecule has 2 aromatic heterocycles. The second-order valence-corrected chi connectivity index (χ2v) is 7.70. The van der Waals surface area contributed by atoms with Crippen molar-refractivity contribution in [3.05, 3.63) is 58.7 Å². The van der Waals surface area contributed by atoms with Crippen LogP contribution < -0.4 is 5.32 Å². The largest absolute Gasteiger partial charge is 0.463 e. The number of Topliss-reactive ketones (excluding diaryl/α,β-unsaturated/α-hetero) is 1. The highest BCUT2D eigenvalue weighted by Gasteiger charge is 2.29. The smallest absolute Gasteiger partial charge is 0.184 e. The average molecular weight is 382 g/mol. The van der Waals surface area contributed by atoms with Crippen molar-refractivity contribution in [3.63, 3.8) is 0 Å². The lowest BCUT2D eigenvalue weighted by Crippen LogP contribution is -2.23. The van der Waals surface area contributed by atoms with Crippen LogP contribution in [0.25, 0.3) is 11.5 Å². The Morgan fingerprint density at radius 2 is 2.04 bits per heavy atom. The summed E-state index contributed by atoms with van der Waals surface area (Å²) in [6.07, 6.45) is 3.14. The van der Waals surface area contributed by atoms with Crippen LogP contribution in [0.5, 0.6) is 0 Å². The molecule has 140 valence electrons. The number of hydrogen-bond donors (Lipinski definition) is 1. The van der Waals surface area contributed by atoms with Crippen molar-refractivity contribution in [1.29, 1.82) is 0 Å². The Morgan fingerprint density at radius 3 is 2.78 bits per heavy atom. The van der Waals surface area contributed by atoms with Gasteiger partial charge in [0.1, 0.15) is 10.6 Å². The van der Waals surface area contributed by atoms with Gasteiger partial charge in [0.15, 0.2) is 16.7 Å². The third-order valence-electron chi connectivity index (χ3n) is 4.89. The third-order valence-corrected chi connectivity index (χ3v) is 5.92. The van der Waals surface area contributed by atoms with Gasteiger partial charge in [-0.05, 0) is 43.0 Å². The lowest BCUT2D eigenvalue weighted by molar-refractivity contribution is 0.0547. The van der Waals surface area contributed by atoms with Crippen molar-refractivity contribution in [2.75, 3.05) is 18.5 Å². The summed E-state index contributed by atoms with van der Waals surface area (Å²) in [7, 11) is 0. The van der Waals surface area contributed by atoms with E-state index < -0.39 is 0 Å². The minimum Gasteiger partial charge on any atom is -0.463 e. The number of ether oxygens (including phenoxy) is 1. The van der Waals surface area contributed by atoms with E-state index in [0.717, 1.165) is 18.0 Å². The summed E-state index contributed by atoms with van der Waals surface area (Å²) >= 11 is 1.41. The zero-order chi connectivity index (χ0) is 18.6. The van der Waals surface area contributed by atoms with Gasteiger partial charge in [0.2, 0.25) is 0 Å². The van der Waals surface area contributed by atoms with Gasteiger partial charge in [0, 0.05) is 25.7 Å². The van der Waals surface area contributed by atoms with Gasteiger partial charge in [-0.2, -0.15) is 0 Å². The van der Waals surface area contributed by atoms with Crippen molar-refractivity contribution in [2.45, 2.75) is 26.3 Å². The maximum absolute atomic E-state index is 13.1. The van der Waals surface area contributed by atoms with Crippen LogP contribution in [0.4, 0.5) is 5.13 Å². The standard InChI is InChI=1S/C21H22N2O3S/c1-14-5-2-3-6-16(14)13-22-21-23-18(17-7-4-10-26-17)20(27-21)19(24)15-8-11-25-12-9-15/h2-7,10,15H,8-9,11-13H2,1H3,(H,22,23).